The molecule has 3 heterocycles. The predicted octanol–water partition coefficient (Wildman–Crippen LogP) is 14.5. The topological polar surface area (TPSA) is 30.7 Å². The molecule has 13 aromatic rings. The van der Waals surface area contributed by atoms with Crippen LogP contribution in [0.3, 0.4) is 0 Å². The van der Waals surface area contributed by atoms with Crippen molar-refractivity contribution in [3.05, 3.63) is 176 Å². The summed E-state index contributed by atoms with van der Waals surface area (Å²) in [5.41, 5.74) is 5.92. The van der Waals surface area contributed by atoms with Crippen molar-refractivity contribution in [1.82, 2.24) is 14.5 Å². The highest BCUT2D eigenvalue weighted by Crippen LogP contribution is 2.46. The first-order chi connectivity index (χ1) is 27.8. The Bertz CT molecular complexity index is 3800. The quantitative estimate of drug-likeness (QED) is 0.166. The Labute approximate surface area is 324 Å². The molecule has 0 fully saturated rings. The molecule has 0 spiro atoms. The van der Waals surface area contributed by atoms with E-state index in [2.05, 4.69) is 180 Å². The largest absolute Gasteiger partial charge is 0.292 e. The van der Waals surface area contributed by atoms with Gasteiger partial charge >= 0.3 is 0 Å². The van der Waals surface area contributed by atoms with Crippen molar-refractivity contribution in [3.8, 4) is 17.1 Å². The van der Waals surface area contributed by atoms with Crippen LogP contribution in [0.1, 0.15) is 0 Å². The van der Waals surface area contributed by atoms with Gasteiger partial charge in [0.2, 0.25) is 0 Å². The number of aromatic nitrogens is 3. The molecule has 3 nitrogen and oxygen atoms in total. The normalized spacial score (nSPS) is 12.3. The molecule has 0 aliphatic heterocycles. The molecule has 0 saturated heterocycles. The lowest BCUT2D eigenvalue weighted by atomic mass is 9.91. The van der Waals surface area contributed by atoms with E-state index >= 15 is 0 Å². The Kier molecular flexibility index (Phi) is 6.04. The second-order valence-electron chi connectivity index (χ2n) is 14.9. The van der Waals surface area contributed by atoms with Crippen molar-refractivity contribution in [2.45, 2.75) is 0 Å². The number of hydrogen-bond acceptors (Lipinski definition) is 3. The van der Waals surface area contributed by atoms with E-state index in [1.165, 1.54) is 74.0 Å². The zero-order valence-electron chi connectivity index (χ0n) is 30.0. The second-order valence-corrected chi connectivity index (χ2v) is 16.0. The van der Waals surface area contributed by atoms with E-state index in [-0.39, 0.29) is 0 Å². The van der Waals surface area contributed by atoms with Crippen LogP contribution < -0.4 is 0 Å². The molecule has 0 amide bonds. The lowest BCUT2D eigenvalue weighted by molar-refractivity contribution is 1.08. The number of nitrogens with zero attached hydrogens (tertiary/aromatic N) is 3. The van der Waals surface area contributed by atoms with Crippen LogP contribution in [-0.2, 0) is 0 Å². The van der Waals surface area contributed by atoms with E-state index in [0.29, 0.717) is 0 Å². The molecule has 4 heteroatoms. The maximum absolute atomic E-state index is 5.65. The molecule has 0 aliphatic carbocycles. The number of thiophene rings is 1. The van der Waals surface area contributed by atoms with Crippen LogP contribution in [0, 0.1) is 0 Å². The minimum absolute atomic E-state index is 0.825. The highest BCUT2D eigenvalue weighted by Gasteiger charge is 2.24. The van der Waals surface area contributed by atoms with Gasteiger partial charge in [-0.1, -0.05) is 133 Å². The fourth-order valence-electron chi connectivity index (χ4n) is 9.42. The van der Waals surface area contributed by atoms with Gasteiger partial charge in [-0.05, 0) is 85.6 Å². The maximum atomic E-state index is 5.65. The highest BCUT2D eigenvalue weighted by molar-refractivity contribution is 7.25. The summed E-state index contributed by atoms with van der Waals surface area (Å²) < 4.78 is 4.95. The first-order valence-corrected chi connectivity index (χ1v) is 19.9. The zero-order chi connectivity index (χ0) is 36.5. The summed E-state index contributed by atoms with van der Waals surface area (Å²) in [5.74, 6) is 0.825. The molecule has 258 valence electrons. The highest BCUT2D eigenvalue weighted by atomic mass is 32.1. The van der Waals surface area contributed by atoms with E-state index in [1.807, 2.05) is 11.3 Å². The molecule has 10 aromatic carbocycles. The van der Waals surface area contributed by atoms with Gasteiger partial charge in [-0.15, -0.1) is 11.3 Å². The van der Waals surface area contributed by atoms with Gasteiger partial charge in [-0.3, -0.25) is 4.57 Å². The van der Waals surface area contributed by atoms with Crippen molar-refractivity contribution < 1.29 is 0 Å². The summed E-state index contributed by atoms with van der Waals surface area (Å²) in [6.07, 6.45) is 0. The molecule has 13 rings (SSSR count). The second kappa shape index (κ2) is 11.2. The molecule has 0 unspecified atom stereocenters. The van der Waals surface area contributed by atoms with Crippen LogP contribution in [0.5, 0.6) is 0 Å². The zero-order valence-corrected chi connectivity index (χ0v) is 30.8. The summed E-state index contributed by atoms with van der Waals surface area (Å²) >= 11 is 1.84. The van der Waals surface area contributed by atoms with E-state index in [4.69, 9.17) is 9.97 Å². The Hall–Kier alpha value is -7.14. The third-order valence-electron chi connectivity index (χ3n) is 11.9. The third-order valence-corrected chi connectivity index (χ3v) is 13.1. The monoisotopic (exact) mass is 727 g/mol. The van der Waals surface area contributed by atoms with Gasteiger partial charge in [0.1, 0.15) is 5.69 Å². The van der Waals surface area contributed by atoms with Crippen LogP contribution in [0.15, 0.2) is 176 Å². The Balaban J connectivity index is 1.24. The molecule has 0 aliphatic rings. The predicted molar refractivity (Wildman–Crippen MR) is 240 cm³/mol. The smallest absolute Gasteiger partial charge is 0.165 e. The fourth-order valence-corrected chi connectivity index (χ4v) is 10.5. The van der Waals surface area contributed by atoms with E-state index in [9.17, 15) is 0 Å². The van der Waals surface area contributed by atoms with Crippen LogP contribution >= 0.6 is 11.3 Å². The third kappa shape index (κ3) is 4.11. The summed E-state index contributed by atoms with van der Waals surface area (Å²) in [6.45, 7) is 0. The van der Waals surface area contributed by atoms with Crippen molar-refractivity contribution in [2.75, 3.05) is 0 Å². The lowest BCUT2D eigenvalue weighted by Crippen LogP contribution is -2.04. The average Bonchev–Trinajstić information content (AvgIpc) is 3.79. The number of fused-ring (bicyclic) bond motifs is 17. The first kappa shape index (κ1) is 30.2. The SMILES string of the molecule is c1ccc2cc3c(cc2c1)c1c2c4ccccc4c4ccccc4c2ccc1n3-c1nc2ccc3ccccc3c2nc1-c1ccc2sc3ccccc3c2c1. The van der Waals surface area contributed by atoms with Crippen molar-refractivity contribution in [2.24, 2.45) is 0 Å². The van der Waals surface area contributed by atoms with Gasteiger partial charge in [-0.2, -0.15) is 0 Å². The summed E-state index contributed by atoms with van der Waals surface area (Å²) in [5, 5.41) is 17.2. The van der Waals surface area contributed by atoms with E-state index < -0.39 is 0 Å². The molecule has 0 saturated carbocycles. The van der Waals surface area contributed by atoms with Crippen molar-refractivity contribution >= 4 is 118 Å². The maximum Gasteiger partial charge on any atom is 0.165 e. The number of rotatable bonds is 2. The van der Waals surface area contributed by atoms with Gasteiger partial charge in [0.05, 0.1) is 22.1 Å². The summed E-state index contributed by atoms with van der Waals surface area (Å²) in [7, 11) is 0. The van der Waals surface area contributed by atoms with Crippen LogP contribution in [0.2, 0.25) is 0 Å². The Morgan fingerprint density at radius 1 is 0.375 bits per heavy atom. The standard InChI is InChI=1S/C52H29N3S/c1-2-13-32-29-45-42(27-31(32)12-1)49-44(25-23-40-37-17-6-5-15-35(37)36-16-7-8-19-39(36)48(40)49)55(45)52-50(54-51-34-14-4-3-11-30(34)21-24-43(51)53-52)33-22-26-47-41(28-33)38-18-9-10-20-46(38)56-47/h1-29H. The van der Waals surface area contributed by atoms with Gasteiger partial charge in [0.15, 0.2) is 5.82 Å². The first-order valence-electron chi connectivity index (χ1n) is 19.1. The minimum atomic E-state index is 0.825. The van der Waals surface area contributed by atoms with E-state index in [0.717, 1.165) is 49.9 Å². The number of hydrogen-bond donors (Lipinski definition) is 0. The summed E-state index contributed by atoms with van der Waals surface area (Å²) in [6, 6.07) is 64.2. The fraction of sp³-hybridized carbons (Fsp3) is 0. The molecular formula is C52H29N3S. The number of benzene rings is 10. The van der Waals surface area contributed by atoms with Crippen molar-refractivity contribution in [1.29, 1.82) is 0 Å². The molecule has 0 atom stereocenters. The average molecular weight is 728 g/mol. The van der Waals surface area contributed by atoms with Crippen LogP contribution in [-0.4, -0.2) is 14.5 Å². The Morgan fingerprint density at radius 2 is 1.00 bits per heavy atom. The minimum Gasteiger partial charge on any atom is -0.292 e. The van der Waals surface area contributed by atoms with Gasteiger partial charge in [0, 0.05) is 47.3 Å². The molecular weight excluding hydrogens is 699 g/mol. The molecule has 0 N–H and O–H groups in total. The molecule has 56 heavy (non-hydrogen) atoms. The molecule has 0 radical (unpaired) electrons. The molecule has 0 bridgehead atoms. The van der Waals surface area contributed by atoms with Gasteiger partial charge in [-0.25, -0.2) is 9.97 Å². The van der Waals surface area contributed by atoms with Gasteiger partial charge < -0.3 is 0 Å². The Morgan fingerprint density at radius 3 is 1.80 bits per heavy atom. The lowest BCUT2D eigenvalue weighted by Gasteiger charge is -2.15. The van der Waals surface area contributed by atoms with Crippen molar-refractivity contribution in [3.63, 3.8) is 0 Å². The molecule has 3 aromatic heterocycles. The van der Waals surface area contributed by atoms with Crippen LogP contribution in [0.4, 0.5) is 0 Å². The summed E-state index contributed by atoms with van der Waals surface area (Å²) in [4.78, 5) is 11.3. The van der Waals surface area contributed by atoms with Crippen LogP contribution in [0.25, 0.3) is 124 Å². The van der Waals surface area contributed by atoms with Gasteiger partial charge in [0.25, 0.3) is 0 Å². The van der Waals surface area contributed by atoms with E-state index in [1.54, 1.807) is 0 Å².